The fourth-order valence-electron chi connectivity index (χ4n) is 2.84. The van der Waals surface area contributed by atoms with Crippen LogP contribution in [0.25, 0.3) is 0 Å². The average molecular weight is 333 g/mol. The van der Waals surface area contributed by atoms with Gasteiger partial charge in [-0.05, 0) is 31.1 Å². The molecule has 1 fully saturated rings. The topological polar surface area (TPSA) is 73.8 Å². The highest BCUT2D eigenvalue weighted by molar-refractivity contribution is 7.88. The maximum atomic E-state index is 11.5. The van der Waals surface area contributed by atoms with Crippen LogP contribution in [0, 0.1) is 5.41 Å². The number of aliphatic imine (C=N–C) groups is 1. The molecule has 0 bridgehead atoms. The van der Waals surface area contributed by atoms with E-state index in [4.69, 9.17) is 0 Å². The van der Waals surface area contributed by atoms with Crippen LogP contribution in [0.15, 0.2) is 4.99 Å². The predicted octanol–water partition coefficient (Wildman–Crippen LogP) is 1.40. The molecule has 1 aliphatic rings. The van der Waals surface area contributed by atoms with Gasteiger partial charge in [-0.1, -0.05) is 20.3 Å². The molecular weight excluding hydrogens is 300 g/mol. The van der Waals surface area contributed by atoms with Gasteiger partial charge in [0.2, 0.25) is 10.0 Å². The molecule has 7 heteroatoms. The van der Waals surface area contributed by atoms with Crippen molar-refractivity contribution in [2.45, 2.75) is 46.0 Å². The molecule has 6 nitrogen and oxygen atoms in total. The van der Waals surface area contributed by atoms with Crippen molar-refractivity contribution >= 4 is 16.0 Å². The van der Waals surface area contributed by atoms with Crippen LogP contribution in [0.2, 0.25) is 0 Å². The van der Waals surface area contributed by atoms with E-state index in [0.29, 0.717) is 25.0 Å². The smallest absolute Gasteiger partial charge is 0.211 e. The number of nitrogens with one attached hydrogen (secondary N) is 2. The Morgan fingerprint density at radius 2 is 1.95 bits per heavy atom. The highest BCUT2D eigenvalue weighted by Crippen LogP contribution is 2.42. The van der Waals surface area contributed by atoms with E-state index in [9.17, 15) is 8.42 Å². The lowest BCUT2D eigenvalue weighted by Crippen LogP contribution is -2.46. The SMILES string of the molecule is CCN(CCCNC(=NC)NCC1(CC)CCC1)S(C)(=O)=O. The van der Waals surface area contributed by atoms with Gasteiger partial charge in [-0.3, -0.25) is 4.99 Å². The van der Waals surface area contributed by atoms with E-state index in [0.717, 1.165) is 18.9 Å². The first-order valence-corrected chi connectivity index (χ1v) is 10.1. The molecule has 0 aromatic heterocycles. The van der Waals surface area contributed by atoms with Crippen molar-refractivity contribution in [1.82, 2.24) is 14.9 Å². The molecule has 0 radical (unpaired) electrons. The third-order valence-electron chi connectivity index (χ3n) is 4.72. The maximum Gasteiger partial charge on any atom is 0.211 e. The summed E-state index contributed by atoms with van der Waals surface area (Å²) in [6, 6.07) is 0. The minimum atomic E-state index is -3.09. The Labute approximate surface area is 135 Å². The Morgan fingerprint density at radius 3 is 2.36 bits per heavy atom. The first-order chi connectivity index (χ1) is 10.4. The summed E-state index contributed by atoms with van der Waals surface area (Å²) in [6.45, 7) is 6.85. The van der Waals surface area contributed by atoms with E-state index in [1.807, 2.05) is 6.92 Å². The zero-order chi connectivity index (χ0) is 16.6. The van der Waals surface area contributed by atoms with Crippen molar-refractivity contribution in [3.05, 3.63) is 0 Å². The van der Waals surface area contributed by atoms with Gasteiger partial charge in [-0.25, -0.2) is 12.7 Å². The third kappa shape index (κ3) is 5.76. The standard InChI is InChI=1S/C15H32N4O2S/c1-5-15(9-7-10-15)13-18-14(16-3)17-11-8-12-19(6-2)22(4,20)21/h5-13H2,1-4H3,(H2,16,17,18). The number of guanidine groups is 1. The van der Waals surface area contributed by atoms with Crippen LogP contribution in [0.5, 0.6) is 0 Å². The normalized spacial score (nSPS) is 18.1. The highest BCUT2D eigenvalue weighted by Gasteiger charge is 2.34. The highest BCUT2D eigenvalue weighted by atomic mass is 32.2. The first kappa shape index (κ1) is 19.2. The number of nitrogens with zero attached hydrogens (tertiary/aromatic N) is 2. The molecule has 1 aliphatic carbocycles. The van der Waals surface area contributed by atoms with E-state index >= 15 is 0 Å². The second-order valence-electron chi connectivity index (χ2n) is 6.17. The summed E-state index contributed by atoms with van der Waals surface area (Å²) < 4.78 is 24.5. The largest absolute Gasteiger partial charge is 0.356 e. The van der Waals surface area contributed by atoms with Crippen LogP contribution in [-0.2, 0) is 10.0 Å². The fourth-order valence-corrected chi connectivity index (χ4v) is 3.77. The van der Waals surface area contributed by atoms with Gasteiger partial charge in [-0.15, -0.1) is 0 Å². The number of rotatable bonds is 9. The molecule has 0 aromatic rings. The second kappa shape index (κ2) is 8.72. The number of hydrogen-bond donors (Lipinski definition) is 2. The Bertz CT molecular complexity index is 453. The fraction of sp³-hybridized carbons (Fsp3) is 0.933. The molecule has 22 heavy (non-hydrogen) atoms. The molecule has 0 heterocycles. The quantitative estimate of drug-likeness (QED) is 0.380. The monoisotopic (exact) mass is 332 g/mol. The zero-order valence-corrected chi connectivity index (χ0v) is 15.3. The van der Waals surface area contributed by atoms with Gasteiger partial charge in [0.25, 0.3) is 0 Å². The van der Waals surface area contributed by atoms with Crippen LogP contribution in [0.3, 0.4) is 0 Å². The lowest BCUT2D eigenvalue weighted by Gasteiger charge is -2.41. The molecule has 0 amide bonds. The molecule has 0 atom stereocenters. The third-order valence-corrected chi connectivity index (χ3v) is 6.10. The van der Waals surface area contributed by atoms with Gasteiger partial charge in [-0.2, -0.15) is 0 Å². The van der Waals surface area contributed by atoms with Gasteiger partial charge < -0.3 is 10.6 Å². The minimum absolute atomic E-state index is 0.451. The van der Waals surface area contributed by atoms with Gasteiger partial charge in [0, 0.05) is 33.2 Å². The molecule has 2 N–H and O–H groups in total. The minimum Gasteiger partial charge on any atom is -0.356 e. The molecule has 0 aromatic carbocycles. The van der Waals surface area contributed by atoms with Crippen LogP contribution < -0.4 is 10.6 Å². The van der Waals surface area contributed by atoms with Gasteiger partial charge >= 0.3 is 0 Å². The summed E-state index contributed by atoms with van der Waals surface area (Å²) in [5, 5.41) is 6.67. The van der Waals surface area contributed by atoms with Crippen molar-refractivity contribution < 1.29 is 8.42 Å². The van der Waals surface area contributed by atoms with Crippen LogP contribution >= 0.6 is 0 Å². The average Bonchev–Trinajstić information content (AvgIpc) is 2.42. The summed E-state index contributed by atoms with van der Waals surface area (Å²) in [7, 11) is -1.32. The first-order valence-electron chi connectivity index (χ1n) is 8.26. The molecule has 0 spiro atoms. The molecule has 0 aliphatic heterocycles. The maximum absolute atomic E-state index is 11.5. The van der Waals surface area contributed by atoms with Gasteiger partial charge in [0.1, 0.15) is 0 Å². The van der Waals surface area contributed by atoms with Crippen molar-refractivity contribution in [1.29, 1.82) is 0 Å². The molecule has 0 saturated heterocycles. The van der Waals surface area contributed by atoms with Crippen molar-refractivity contribution in [3.8, 4) is 0 Å². The summed E-state index contributed by atoms with van der Waals surface area (Å²) in [6.07, 6.45) is 7.16. The molecule has 130 valence electrons. The molecular formula is C15H32N4O2S. The summed E-state index contributed by atoms with van der Waals surface area (Å²) >= 11 is 0. The number of hydrogen-bond acceptors (Lipinski definition) is 3. The summed E-state index contributed by atoms with van der Waals surface area (Å²) in [4.78, 5) is 4.23. The summed E-state index contributed by atoms with van der Waals surface area (Å²) in [5.41, 5.74) is 0.451. The Balaban J connectivity index is 2.27. The van der Waals surface area contributed by atoms with Crippen molar-refractivity contribution in [2.24, 2.45) is 10.4 Å². The van der Waals surface area contributed by atoms with Gasteiger partial charge in [0.05, 0.1) is 6.26 Å². The number of sulfonamides is 1. The Kier molecular flexibility index (Phi) is 7.62. The van der Waals surface area contributed by atoms with Crippen LogP contribution in [-0.4, -0.2) is 58.2 Å². The zero-order valence-electron chi connectivity index (χ0n) is 14.5. The molecule has 1 saturated carbocycles. The molecule has 1 rings (SSSR count). The second-order valence-corrected chi connectivity index (χ2v) is 8.15. The van der Waals surface area contributed by atoms with Gasteiger partial charge in [0.15, 0.2) is 5.96 Å². The van der Waals surface area contributed by atoms with E-state index < -0.39 is 10.0 Å². The van der Waals surface area contributed by atoms with Crippen molar-refractivity contribution in [2.75, 3.05) is 39.5 Å². The van der Waals surface area contributed by atoms with Crippen LogP contribution in [0.4, 0.5) is 0 Å². The lowest BCUT2D eigenvalue weighted by molar-refractivity contribution is 0.131. The lowest BCUT2D eigenvalue weighted by atomic mass is 9.67. The molecule has 0 unspecified atom stereocenters. The van der Waals surface area contributed by atoms with Crippen LogP contribution in [0.1, 0.15) is 46.0 Å². The van der Waals surface area contributed by atoms with Crippen molar-refractivity contribution in [3.63, 3.8) is 0 Å². The predicted molar refractivity (Wildman–Crippen MR) is 92.6 cm³/mol. The van der Waals surface area contributed by atoms with E-state index in [-0.39, 0.29) is 0 Å². The van der Waals surface area contributed by atoms with E-state index in [1.165, 1.54) is 36.2 Å². The Morgan fingerprint density at radius 1 is 1.27 bits per heavy atom. The Hall–Kier alpha value is -0.820. The van der Waals surface area contributed by atoms with E-state index in [2.05, 4.69) is 22.5 Å². The summed E-state index contributed by atoms with van der Waals surface area (Å²) in [5.74, 6) is 0.808. The van der Waals surface area contributed by atoms with E-state index in [1.54, 1.807) is 7.05 Å².